The molecule has 1 aromatic heterocycles. The normalized spacial score (nSPS) is 22.3. The molecule has 6 heteroatoms. The molecule has 6 nitrogen and oxygen atoms in total. The highest BCUT2D eigenvalue weighted by atomic mass is 16.4. The maximum Gasteiger partial charge on any atom is 0.311 e. The third kappa shape index (κ3) is 2.19. The van der Waals surface area contributed by atoms with Crippen molar-refractivity contribution in [3.63, 3.8) is 0 Å². The molecule has 0 aliphatic carbocycles. The second-order valence-electron chi connectivity index (χ2n) is 5.70. The number of likely N-dealkylation sites (tertiary alicyclic amines) is 1. The highest BCUT2D eigenvalue weighted by Crippen LogP contribution is 2.31. The van der Waals surface area contributed by atoms with Gasteiger partial charge in [-0.2, -0.15) is 5.10 Å². The van der Waals surface area contributed by atoms with Gasteiger partial charge in [0.25, 0.3) is 5.91 Å². The standard InChI is InChI=1S/C14H21N3O3/c1-5-17-10(3)11(9(2)15-17)12(18)16-7-6-14(4,8-16)13(19)20/h5-8H2,1-4H3,(H,19,20). The van der Waals surface area contributed by atoms with Crippen LogP contribution in [0.3, 0.4) is 0 Å². The van der Waals surface area contributed by atoms with Crippen molar-refractivity contribution in [2.24, 2.45) is 5.41 Å². The van der Waals surface area contributed by atoms with E-state index in [0.29, 0.717) is 30.8 Å². The first kappa shape index (κ1) is 14.6. The summed E-state index contributed by atoms with van der Waals surface area (Å²) in [6, 6.07) is 0. The van der Waals surface area contributed by atoms with Crippen molar-refractivity contribution in [2.75, 3.05) is 13.1 Å². The summed E-state index contributed by atoms with van der Waals surface area (Å²) in [5.74, 6) is -0.949. The van der Waals surface area contributed by atoms with Crippen LogP contribution in [-0.2, 0) is 11.3 Å². The summed E-state index contributed by atoms with van der Waals surface area (Å²) >= 11 is 0. The maximum atomic E-state index is 12.6. The van der Waals surface area contributed by atoms with E-state index < -0.39 is 11.4 Å². The van der Waals surface area contributed by atoms with Gasteiger partial charge in [-0.25, -0.2) is 0 Å². The number of nitrogens with zero attached hydrogens (tertiary/aromatic N) is 3. The summed E-state index contributed by atoms with van der Waals surface area (Å²) in [5.41, 5.74) is 1.33. The SMILES string of the molecule is CCn1nc(C)c(C(=O)N2CCC(C)(C(=O)O)C2)c1C. The zero-order valence-corrected chi connectivity index (χ0v) is 12.4. The van der Waals surface area contributed by atoms with Gasteiger partial charge in [0.2, 0.25) is 0 Å². The first-order valence-corrected chi connectivity index (χ1v) is 6.87. The monoisotopic (exact) mass is 279 g/mol. The van der Waals surface area contributed by atoms with Crippen molar-refractivity contribution in [1.82, 2.24) is 14.7 Å². The minimum Gasteiger partial charge on any atom is -0.481 e. The Bertz CT molecular complexity index is 564. The van der Waals surface area contributed by atoms with E-state index in [1.807, 2.05) is 20.8 Å². The topological polar surface area (TPSA) is 75.4 Å². The zero-order chi connectivity index (χ0) is 15.1. The van der Waals surface area contributed by atoms with E-state index in [4.69, 9.17) is 0 Å². The summed E-state index contributed by atoms with van der Waals surface area (Å²) in [4.78, 5) is 25.5. The van der Waals surface area contributed by atoms with Gasteiger partial charge in [0.15, 0.2) is 0 Å². The van der Waals surface area contributed by atoms with Crippen LogP contribution in [0.4, 0.5) is 0 Å². The van der Waals surface area contributed by atoms with Gasteiger partial charge in [0.1, 0.15) is 0 Å². The lowest BCUT2D eigenvalue weighted by molar-refractivity contribution is -0.147. The predicted octanol–water partition coefficient (Wildman–Crippen LogP) is 1.46. The minimum atomic E-state index is -0.842. The average Bonchev–Trinajstić information content (AvgIpc) is 2.91. The molecule has 110 valence electrons. The largest absolute Gasteiger partial charge is 0.481 e. The van der Waals surface area contributed by atoms with Crippen LogP contribution in [0.25, 0.3) is 0 Å². The highest BCUT2D eigenvalue weighted by molar-refractivity contribution is 5.97. The number of amides is 1. The van der Waals surface area contributed by atoms with Crippen LogP contribution in [0.1, 0.15) is 42.0 Å². The molecule has 1 aliphatic rings. The average molecular weight is 279 g/mol. The third-order valence-corrected chi connectivity index (χ3v) is 4.17. The van der Waals surface area contributed by atoms with Gasteiger partial charge in [-0.3, -0.25) is 14.3 Å². The number of aryl methyl sites for hydroxylation is 2. The van der Waals surface area contributed by atoms with Gasteiger partial charge >= 0.3 is 5.97 Å². The van der Waals surface area contributed by atoms with Crippen molar-refractivity contribution in [3.8, 4) is 0 Å². The molecule has 1 aliphatic heterocycles. The van der Waals surface area contributed by atoms with E-state index >= 15 is 0 Å². The minimum absolute atomic E-state index is 0.107. The lowest BCUT2D eigenvalue weighted by atomic mass is 9.90. The highest BCUT2D eigenvalue weighted by Gasteiger charge is 2.43. The predicted molar refractivity (Wildman–Crippen MR) is 73.6 cm³/mol. The van der Waals surface area contributed by atoms with E-state index in [1.165, 1.54) is 0 Å². The van der Waals surface area contributed by atoms with Gasteiger partial charge in [-0.05, 0) is 34.1 Å². The summed E-state index contributed by atoms with van der Waals surface area (Å²) in [7, 11) is 0. The first-order valence-electron chi connectivity index (χ1n) is 6.87. The van der Waals surface area contributed by atoms with Crippen molar-refractivity contribution < 1.29 is 14.7 Å². The van der Waals surface area contributed by atoms with Gasteiger partial charge in [0, 0.05) is 25.3 Å². The fraction of sp³-hybridized carbons (Fsp3) is 0.643. The van der Waals surface area contributed by atoms with Crippen LogP contribution < -0.4 is 0 Å². The van der Waals surface area contributed by atoms with E-state index in [-0.39, 0.29) is 12.5 Å². The summed E-state index contributed by atoms with van der Waals surface area (Å²) in [5, 5.41) is 13.6. The van der Waals surface area contributed by atoms with Gasteiger partial charge < -0.3 is 10.0 Å². The van der Waals surface area contributed by atoms with Crippen molar-refractivity contribution in [2.45, 2.75) is 40.7 Å². The number of carbonyl (C=O) groups is 2. The Morgan fingerprint density at radius 1 is 1.40 bits per heavy atom. The molecule has 0 saturated carbocycles. The number of carboxylic acid groups (broad SMARTS) is 1. The molecular formula is C14H21N3O3. The van der Waals surface area contributed by atoms with Crippen LogP contribution in [0, 0.1) is 19.3 Å². The van der Waals surface area contributed by atoms with E-state index in [9.17, 15) is 14.7 Å². The van der Waals surface area contributed by atoms with Crippen LogP contribution in [0.15, 0.2) is 0 Å². The Morgan fingerprint density at radius 3 is 2.50 bits per heavy atom. The summed E-state index contributed by atoms with van der Waals surface area (Å²) in [6.07, 6.45) is 0.494. The number of hydrogen-bond acceptors (Lipinski definition) is 3. The Morgan fingerprint density at radius 2 is 2.05 bits per heavy atom. The first-order chi connectivity index (χ1) is 9.30. The molecule has 2 heterocycles. The number of rotatable bonds is 3. The molecule has 1 aromatic rings. The third-order valence-electron chi connectivity index (χ3n) is 4.17. The van der Waals surface area contributed by atoms with Crippen LogP contribution in [0.5, 0.6) is 0 Å². The molecule has 1 atom stereocenters. The lowest BCUT2D eigenvalue weighted by Crippen LogP contribution is -2.35. The molecule has 1 saturated heterocycles. The maximum absolute atomic E-state index is 12.6. The zero-order valence-electron chi connectivity index (χ0n) is 12.4. The molecule has 0 bridgehead atoms. The quantitative estimate of drug-likeness (QED) is 0.908. The molecule has 1 N–H and O–H groups in total. The number of aromatic nitrogens is 2. The summed E-state index contributed by atoms with van der Waals surface area (Å²) < 4.78 is 1.80. The molecule has 20 heavy (non-hydrogen) atoms. The molecule has 0 spiro atoms. The van der Waals surface area contributed by atoms with Crippen LogP contribution in [-0.4, -0.2) is 44.8 Å². The second-order valence-corrected chi connectivity index (χ2v) is 5.70. The number of aliphatic carboxylic acids is 1. The van der Waals surface area contributed by atoms with Crippen molar-refractivity contribution in [3.05, 3.63) is 17.0 Å². The smallest absolute Gasteiger partial charge is 0.311 e. The van der Waals surface area contributed by atoms with Gasteiger partial charge in [0.05, 0.1) is 16.7 Å². The second kappa shape index (κ2) is 4.92. The molecule has 0 aromatic carbocycles. The Labute approximate surface area is 118 Å². The number of carbonyl (C=O) groups excluding carboxylic acids is 1. The summed E-state index contributed by atoms with van der Waals surface area (Å²) in [6.45, 7) is 8.83. The Hall–Kier alpha value is -1.85. The van der Waals surface area contributed by atoms with E-state index in [2.05, 4.69) is 5.10 Å². The molecule has 0 radical (unpaired) electrons. The molecule has 1 unspecified atom stereocenters. The number of hydrogen-bond donors (Lipinski definition) is 1. The van der Waals surface area contributed by atoms with Gasteiger partial charge in [-0.1, -0.05) is 0 Å². The Balaban J connectivity index is 2.26. The molecule has 1 amide bonds. The van der Waals surface area contributed by atoms with Crippen molar-refractivity contribution in [1.29, 1.82) is 0 Å². The van der Waals surface area contributed by atoms with Crippen LogP contribution >= 0.6 is 0 Å². The Kier molecular flexibility index (Phi) is 3.58. The van der Waals surface area contributed by atoms with Gasteiger partial charge in [-0.15, -0.1) is 0 Å². The van der Waals surface area contributed by atoms with E-state index in [1.54, 1.807) is 16.5 Å². The van der Waals surface area contributed by atoms with Crippen molar-refractivity contribution >= 4 is 11.9 Å². The number of carboxylic acids is 1. The lowest BCUT2D eigenvalue weighted by Gasteiger charge is -2.20. The van der Waals surface area contributed by atoms with Crippen LogP contribution in [0.2, 0.25) is 0 Å². The fourth-order valence-electron chi connectivity index (χ4n) is 2.78. The van der Waals surface area contributed by atoms with E-state index in [0.717, 1.165) is 5.69 Å². The molecule has 1 fully saturated rings. The molecular weight excluding hydrogens is 258 g/mol. The molecule has 2 rings (SSSR count). The fourth-order valence-corrected chi connectivity index (χ4v) is 2.78.